The molecule has 1 aliphatic rings. The van der Waals surface area contributed by atoms with Crippen molar-refractivity contribution in [2.24, 2.45) is 11.3 Å². The molecule has 136 valence electrons. The van der Waals surface area contributed by atoms with Crippen molar-refractivity contribution >= 4 is 6.03 Å². The molecule has 1 N–H and O–H groups in total. The number of hydrogen-bond acceptors (Lipinski definition) is 3. The number of aryl methyl sites for hydroxylation is 1. The Morgan fingerprint density at radius 1 is 1.42 bits per heavy atom. The van der Waals surface area contributed by atoms with Crippen LogP contribution in [0.25, 0.3) is 0 Å². The maximum absolute atomic E-state index is 12.9. The Morgan fingerprint density at radius 3 is 2.58 bits per heavy atom. The Labute approximate surface area is 146 Å². The molecule has 2 heterocycles. The molecule has 1 saturated heterocycles. The fraction of sp³-hybridized carbons (Fsp3) is 0.737. The normalized spacial score (nSPS) is 23.8. The van der Waals surface area contributed by atoms with Crippen LogP contribution in [0.1, 0.15) is 51.7 Å². The number of likely N-dealkylation sites (tertiary alicyclic amines) is 1. The summed E-state index contributed by atoms with van der Waals surface area (Å²) in [5.41, 5.74) is -0.126. The maximum atomic E-state index is 12.9. The van der Waals surface area contributed by atoms with Crippen LogP contribution in [0.15, 0.2) is 16.5 Å². The van der Waals surface area contributed by atoms with Crippen LogP contribution in [-0.4, -0.2) is 49.1 Å². The number of amides is 2. The average molecular weight is 335 g/mol. The van der Waals surface area contributed by atoms with Crippen LogP contribution < -0.4 is 5.32 Å². The van der Waals surface area contributed by atoms with Crippen molar-refractivity contribution in [3.05, 3.63) is 23.7 Å². The van der Waals surface area contributed by atoms with Gasteiger partial charge in [-0.1, -0.05) is 27.7 Å². The molecular weight excluding hydrogens is 302 g/mol. The fourth-order valence-electron chi connectivity index (χ4n) is 3.62. The first-order valence-electron chi connectivity index (χ1n) is 8.87. The lowest BCUT2D eigenvalue weighted by Gasteiger charge is -2.41. The lowest BCUT2D eigenvalue weighted by molar-refractivity contribution is 0.101. The highest BCUT2D eigenvalue weighted by Crippen LogP contribution is 2.34. The van der Waals surface area contributed by atoms with Gasteiger partial charge in [-0.15, -0.1) is 0 Å². The van der Waals surface area contributed by atoms with Gasteiger partial charge in [0.25, 0.3) is 0 Å². The number of furan rings is 1. The summed E-state index contributed by atoms with van der Waals surface area (Å²) >= 11 is 0. The number of nitrogens with one attached hydrogen (secondary N) is 1. The van der Waals surface area contributed by atoms with E-state index in [-0.39, 0.29) is 23.5 Å². The molecular formula is C19H33N3O2. The molecule has 3 atom stereocenters. The molecule has 1 aliphatic heterocycles. The molecule has 1 aromatic rings. The predicted molar refractivity (Wildman–Crippen MR) is 97.0 cm³/mol. The van der Waals surface area contributed by atoms with Gasteiger partial charge in [-0.25, -0.2) is 4.79 Å². The van der Waals surface area contributed by atoms with Crippen molar-refractivity contribution in [1.82, 2.24) is 15.1 Å². The molecule has 2 rings (SSSR count). The van der Waals surface area contributed by atoms with Crippen LogP contribution in [0.4, 0.5) is 4.79 Å². The highest BCUT2D eigenvalue weighted by atomic mass is 16.3. The summed E-state index contributed by atoms with van der Waals surface area (Å²) in [6.45, 7) is 12.6. The summed E-state index contributed by atoms with van der Waals surface area (Å²) in [7, 11) is 4.05. The van der Waals surface area contributed by atoms with Gasteiger partial charge in [0.2, 0.25) is 0 Å². The SMILES string of the molecule is Cc1ccc([C@H](NC(=O)N(C)[C@H]2CCN(C)C[C@H]2C)C(C)(C)C)o1. The van der Waals surface area contributed by atoms with Crippen molar-refractivity contribution in [3.8, 4) is 0 Å². The van der Waals surface area contributed by atoms with Crippen LogP contribution in [-0.2, 0) is 0 Å². The molecule has 0 bridgehead atoms. The number of urea groups is 1. The summed E-state index contributed by atoms with van der Waals surface area (Å²) in [5.74, 6) is 2.16. The average Bonchev–Trinajstić information content (AvgIpc) is 2.88. The van der Waals surface area contributed by atoms with Gasteiger partial charge in [0.15, 0.2) is 0 Å². The lowest BCUT2D eigenvalue weighted by Crippen LogP contribution is -2.53. The monoisotopic (exact) mass is 335 g/mol. The topological polar surface area (TPSA) is 48.7 Å². The van der Waals surface area contributed by atoms with Gasteiger partial charge in [0.05, 0.1) is 6.04 Å². The van der Waals surface area contributed by atoms with E-state index in [1.165, 1.54) is 0 Å². The zero-order valence-electron chi connectivity index (χ0n) is 16.2. The Hall–Kier alpha value is -1.49. The molecule has 0 saturated carbocycles. The Bertz CT molecular complexity index is 561. The quantitative estimate of drug-likeness (QED) is 0.917. The van der Waals surface area contributed by atoms with E-state index in [9.17, 15) is 4.79 Å². The van der Waals surface area contributed by atoms with Crippen LogP contribution in [0.2, 0.25) is 0 Å². The van der Waals surface area contributed by atoms with Crippen molar-refractivity contribution in [1.29, 1.82) is 0 Å². The summed E-state index contributed by atoms with van der Waals surface area (Å²) in [5, 5.41) is 3.20. The maximum Gasteiger partial charge on any atom is 0.318 e. The zero-order chi connectivity index (χ0) is 18.1. The van der Waals surface area contributed by atoms with Crippen LogP contribution >= 0.6 is 0 Å². The number of hydrogen-bond donors (Lipinski definition) is 1. The van der Waals surface area contributed by atoms with E-state index >= 15 is 0 Å². The van der Waals surface area contributed by atoms with E-state index in [0.29, 0.717) is 5.92 Å². The molecule has 24 heavy (non-hydrogen) atoms. The van der Waals surface area contributed by atoms with Crippen LogP contribution in [0.3, 0.4) is 0 Å². The van der Waals surface area contributed by atoms with E-state index in [0.717, 1.165) is 31.0 Å². The van der Waals surface area contributed by atoms with E-state index < -0.39 is 0 Å². The summed E-state index contributed by atoms with van der Waals surface area (Å²) in [6.07, 6.45) is 1.02. The zero-order valence-corrected chi connectivity index (χ0v) is 16.2. The third-order valence-corrected chi connectivity index (χ3v) is 5.06. The van der Waals surface area contributed by atoms with Crippen molar-refractivity contribution in [2.75, 3.05) is 27.2 Å². The molecule has 1 aromatic heterocycles. The lowest BCUT2D eigenvalue weighted by atomic mass is 9.85. The minimum atomic E-state index is -0.150. The molecule has 2 amide bonds. The number of rotatable bonds is 3. The Balaban J connectivity index is 2.10. The molecule has 1 fully saturated rings. The van der Waals surface area contributed by atoms with Gasteiger partial charge in [-0.2, -0.15) is 0 Å². The summed E-state index contributed by atoms with van der Waals surface area (Å²) in [4.78, 5) is 17.1. The molecule has 0 radical (unpaired) electrons. The molecule has 0 spiro atoms. The molecule has 5 nitrogen and oxygen atoms in total. The number of carbonyl (C=O) groups excluding carboxylic acids is 1. The number of piperidine rings is 1. The number of nitrogens with zero attached hydrogens (tertiary/aromatic N) is 2. The highest BCUT2D eigenvalue weighted by molar-refractivity contribution is 5.75. The fourth-order valence-corrected chi connectivity index (χ4v) is 3.62. The number of carbonyl (C=O) groups is 1. The highest BCUT2D eigenvalue weighted by Gasteiger charge is 2.34. The molecule has 0 unspecified atom stereocenters. The largest absolute Gasteiger partial charge is 0.464 e. The second-order valence-electron chi connectivity index (χ2n) is 8.40. The van der Waals surface area contributed by atoms with Gasteiger partial charge in [-0.3, -0.25) is 0 Å². The third kappa shape index (κ3) is 4.32. The van der Waals surface area contributed by atoms with Gasteiger partial charge in [0, 0.05) is 19.6 Å². The van der Waals surface area contributed by atoms with Gasteiger partial charge < -0.3 is 19.5 Å². The second kappa shape index (κ2) is 7.18. The minimum absolute atomic E-state index is 0.0228. The van der Waals surface area contributed by atoms with E-state index in [1.807, 2.05) is 31.0 Å². The first-order valence-corrected chi connectivity index (χ1v) is 8.87. The van der Waals surface area contributed by atoms with Gasteiger partial charge in [-0.05, 0) is 50.4 Å². The van der Waals surface area contributed by atoms with Gasteiger partial charge in [0.1, 0.15) is 11.5 Å². The second-order valence-corrected chi connectivity index (χ2v) is 8.40. The van der Waals surface area contributed by atoms with E-state index in [4.69, 9.17) is 4.42 Å². The third-order valence-electron chi connectivity index (χ3n) is 5.06. The smallest absolute Gasteiger partial charge is 0.318 e. The van der Waals surface area contributed by atoms with E-state index in [2.05, 4.69) is 45.0 Å². The predicted octanol–water partition coefficient (Wildman–Crippen LogP) is 3.66. The van der Waals surface area contributed by atoms with Crippen molar-refractivity contribution in [2.45, 2.75) is 53.1 Å². The van der Waals surface area contributed by atoms with E-state index in [1.54, 1.807) is 0 Å². The molecule has 0 aromatic carbocycles. The Morgan fingerprint density at radius 2 is 2.08 bits per heavy atom. The van der Waals surface area contributed by atoms with Crippen molar-refractivity contribution < 1.29 is 9.21 Å². The Kier molecular flexibility index (Phi) is 5.63. The molecule has 5 heteroatoms. The minimum Gasteiger partial charge on any atom is -0.464 e. The molecule has 0 aliphatic carbocycles. The standard InChI is InChI=1S/C19H33N3O2/c1-13-12-21(6)11-10-15(13)22(7)18(23)20-17(19(3,4)5)16-9-8-14(2)24-16/h8-9,13,15,17H,10-12H2,1-7H3,(H,20,23)/t13-,15+,17+/m1/s1. The van der Waals surface area contributed by atoms with Crippen molar-refractivity contribution in [3.63, 3.8) is 0 Å². The van der Waals surface area contributed by atoms with Crippen LogP contribution in [0, 0.1) is 18.3 Å². The first kappa shape index (κ1) is 18.8. The first-order chi connectivity index (χ1) is 11.1. The summed E-state index contributed by atoms with van der Waals surface area (Å²) in [6, 6.07) is 4.01. The summed E-state index contributed by atoms with van der Waals surface area (Å²) < 4.78 is 5.79. The van der Waals surface area contributed by atoms with Crippen LogP contribution in [0.5, 0.6) is 0 Å². The van der Waals surface area contributed by atoms with Gasteiger partial charge >= 0.3 is 6.03 Å².